The maximum Gasteiger partial charge on any atom is 0.242 e. The van der Waals surface area contributed by atoms with Crippen LogP contribution >= 0.6 is 0 Å². The number of imidazole rings is 1. The summed E-state index contributed by atoms with van der Waals surface area (Å²) in [5.41, 5.74) is 2.40. The minimum atomic E-state index is -0.877. The van der Waals surface area contributed by atoms with E-state index in [1.54, 1.807) is 4.90 Å². The second-order valence-electron chi connectivity index (χ2n) is 6.53. The number of fused-ring (bicyclic) bond motifs is 1. The fourth-order valence-corrected chi connectivity index (χ4v) is 3.03. The Morgan fingerprint density at radius 2 is 1.85 bits per heavy atom. The van der Waals surface area contributed by atoms with Crippen LogP contribution in [-0.4, -0.2) is 39.1 Å². The van der Waals surface area contributed by atoms with Crippen molar-refractivity contribution < 1.29 is 9.90 Å². The van der Waals surface area contributed by atoms with Crippen LogP contribution in [0, 0.1) is 0 Å². The average Bonchev–Trinajstić information content (AvgIpc) is 3.04. The maximum atomic E-state index is 12.7. The number of benzene rings is 2. The Hall–Kier alpha value is -2.66. The first-order chi connectivity index (χ1) is 12.6. The molecule has 5 heteroatoms. The lowest BCUT2D eigenvalue weighted by atomic mass is 10.1. The molecule has 3 aromatic rings. The Morgan fingerprint density at radius 3 is 2.58 bits per heavy atom. The summed E-state index contributed by atoms with van der Waals surface area (Å²) in [6.07, 6.45) is 1.15. The van der Waals surface area contributed by atoms with Gasteiger partial charge in [-0.05, 0) is 24.1 Å². The van der Waals surface area contributed by atoms with E-state index >= 15 is 0 Å². The maximum absolute atomic E-state index is 12.7. The smallest absolute Gasteiger partial charge is 0.242 e. The lowest BCUT2D eigenvalue weighted by molar-refractivity contribution is -0.130. The van der Waals surface area contributed by atoms with Gasteiger partial charge < -0.3 is 14.6 Å². The molecule has 1 unspecified atom stereocenters. The molecule has 0 saturated heterocycles. The number of rotatable bonds is 7. The van der Waals surface area contributed by atoms with E-state index in [0.29, 0.717) is 5.82 Å². The number of hydrogen-bond acceptors (Lipinski definition) is 3. The molecule has 0 aliphatic rings. The van der Waals surface area contributed by atoms with Crippen molar-refractivity contribution in [2.45, 2.75) is 32.4 Å². The van der Waals surface area contributed by atoms with Gasteiger partial charge >= 0.3 is 0 Å². The van der Waals surface area contributed by atoms with Crippen LogP contribution in [0.15, 0.2) is 54.6 Å². The van der Waals surface area contributed by atoms with Gasteiger partial charge in [-0.1, -0.05) is 55.8 Å². The molecule has 0 bridgehead atoms. The molecule has 0 aliphatic carbocycles. The van der Waals surface area contributed by atoms with Crippen LogP contribution in [-0.2, 0) is 11.3 Å². The summed E-state index contributed by atoms with van der Waals surface area (Å²) >= 11 is 0. The number of aliphatic hydroxyl groups excluding tert-OH is 1. The summed E-state index contributed by atoms with van der Waals surface area (Å²) in [4.78, 5) is 19.0. The van der Waals surface area contributed by atoms with E-state index in [9.17, 15) is 9.90 Å². The summed E-state index contributed by atoms with van der Waals surface area (Å²) in [6.45, 7) is 3.01. The minimum absolute atomic E-state index is 0.0168. The van der Waals surface area contributed by atoms with E-state index in [0.717, 1.165) is 36.0 Å². The summed E-state index contributed by atoms with van der Waals surface area (Å²) in [7, 11) is 1.82. The topological polar surface area (TPSA) is 58.4 Å². The van der Waals surface area contributed by atoms with E-state index in [2.05, 4.69) is 11.9 Å². The third-order valence-electron chi connectivity index (χ3n) is 4.61. The largest absolute Gasteiger partial charge is 0.380 e. The molecule has 2 aromatic carbocycles. The van der Waals surface area contributed by atoms with Crippen molar-refractivity contribution in [1.82, 2.24) is 14.5 Å². The zero-order valence-corrected chi connectivity index (χ0v) is 15.3. The van der Waals surface area contributed by atoms with E-state index in [1.807, 2.05) is 66.2 Å². The van der Waals surface area contributed by atoms with Gasteiger partial charge in [0.2, 0.25) is 5.91 Å². The Kier molecular flexibility index (Phi) is 5.68. The summed E-state index contributed by atoms with van der Waals surface area (Å²) in [6, 6.07) is 17.1. The minimum Gasteiger partial charge on any atom is -0.380 e. The van der Waals surface area contributed by atoms with Crippen LogP contribution in [0.1, 0.15) is 37.3 Å². The molecule has 0 saturated carbocycles. The number of likely N-dealkylation sites (N-methyl/N-ethyl adjacent to an activating group) is 1. The van der Waals surface area contributed by atoms with Crippen LogP contribution in [0.25, 0.3) is 11.0 Å². The molecule has 1 amide bonds. The molecule has 0 spiro atoms. The predicted molar refractivity (Wildman–Crippen MR) is 103 cm³/mol. The fraction of sp³-hybridized carbons (Fsp3) is 0.333. The zero-order chi connectivity index (χ0) is 18.5. The Bertz CT molecular complexity index is 873. The molecule has 26 heavy (non-hydrogen) atoms. The summed E-state index contributed by atoms with van der Waals surface area (Å²) < 4.78 is 1.83. The molecule has 1 heterocycles. The highest BCUT2D eigenvalue weighted by Gasteiger charge is 2.22. The van der Waals surface area contributed by atoms with Crippen molar-refractivity contribution in [3.05, 3.63) is 66.0 Å². The molecule has 1 atom stereocenters. The monoisotopic (exact) mass is 351 g/mol. The number of hydrogen-bond donors (Lipinski definition) is 1. The molecule has 3 rings (SSSR count). The lowest BCUT2D eigenvalue weighted by Crippen LogP contribution is -2.31. The molecular weight excluding hydrogens is 326 g/mol. The quantitative estimate of drug-likeness (QED) is 0.710. The number of carbonyl (C=O) groups is 1. The second kappa shape index (κ2) is 8.15. The van der Waals surface area contributed by atoms with Gasteiger partial charge in [0, 0.05) is 13.6 Å². The molecule has 0 radical (unpaired) electrons. The first-order valence-corrected chi connectivity index (χ1v) is 9.04. The van der Waals surface area contributed by atoms with Crippen molar-refractivity contribution in [2.75, 3.05) is 13.6 Å². The van der Waals surface area contributed by atoms with Crippen LogP contribution in [0.3, 0.4) is 0 Å². The number of aliphatic hydroxyl groups is 1. The van der Waals surface area contributed by atoms with Crippen molar-refractivity contribution >= 4 is 16.9 Å². The molecule has 5 nitrogen and oxygen atoms in total. The van der Waals surface area contributed by atoms with Crippen LogP contribution < -0.4 is 0 Å². The van der Waals surface area contributed by atoms with E-state index in [-0.39, 0.29) is 12.5 Å². The second-order valence-corrected chi connectivity index (χ2v) is 6.53. The van der Waals surface area contributed by atoms with Gasteiger partial charge in [-0.25, -0.2) is 4.98 Å². The first-order valence-electron chi connectivity index (χ1n) is 9.04. The van der Waals surface area contributed by atoms with E-state index in [4.69, 9.17) is 0 Å². The van der Waals surface area contributed by atoms with Crippen molar-refractivity contribution in [3.8, 4) is 0 Å². The number of amides is 1. The van der Waals surface area contributed by atoms with E-state index in [1.165, 1.54) is 0 Å². The number of carbonyl (C=O) groups excluding carboxylic acids is 1. The van der Waals surface area contributed by atoms with Gasteiger partial charge in [0.1, 0.15) is 18.5 Å². The Labute approximate surface area is 153 Å². The molecule has 0 aliphatic heterocycles. The number of aromatic nitrogens is 2. The zero-order valence-electron chi connectivity index (χ0n) is 15.3. The van der Waals surface area contributed by atoms with Crippen molar-refractivity contribution in [3.63, 3.8) is 0 Å². The standard InChI is InChI=1S/C21H25N3O2/c1-3-4-14-23(2)19(25)15-24-18-13-9-8-12-17(18)22-21(24)20(26)16-10-6-5-7-11-16/h5-13,20,26H,3-4,14-15H2,1-2H3. The number of para-hydroxylation sites is 2. The molecular formula is C21H25N3O2. The highest BCUT2D eigenvalue weighted by Crippen LogP contribution is 2.25. The summed E-state index contributed by atoms with van der Waals surface area (Å²) in [5, 5.41) is 10.9. The Balaban J connectivity index is 1.96. The van der Waals surface area contributed by atoms with Crippen LogP contribution in [0.2, 0.25) is 0 Å². The normalized spacial score (nSPS) is 12.3. The predicted octanol–water partition coefficient (Wildman–Crippen LogP) is 3.38. The first kappa shape index (κ1) is 18.1. The molecule has 0 fully saturated rings. The SMILES string of the molecule is CCCCN(C)C(=O)Cn1c(C(O)c2ccccc2)nc2ccccc21. The lowest BCUT2D eigenvalue weighted by Gasteiger charge is -2.19. The molecule has 1 N–H and O–H groups in total. The van der Waals surface area contributed by atoms with Crippen LogP contribution in [0.5, 0.6) is 0 Å². The van der Waals surface area contributed by atoms with Crippen molar-refractivity contribution in [1.29, 1.82) is 0 Å². The number of nitrogens with zero attached hydrogens (tertiary/aromatic N) is 3. The average molecular weight is 351 g/mol. The van der Waals surface area contributed by atoms with Crippen LogP contribution in [0.4, 0.5) is 0 Å². The highest BCUT2D eigenvalue weighted by atomic mass is 16.3. The summed E-state index contributed by atoms with van der Waals surface area (Å²) in [5.74, 6) is 0.512. The third kappa shape index (κ3) is 3.78. The van der Waals surface area contributed by atoms with E-state index < -0.39 is 6.10 Å². The van der Waals surface area contributed by atoms with Gasteiger partial charge in [-0.2, -0.15) is 0 Å². The highest BCUT2D eigenvalue weighted by molar-refractivity contribution is 5.81. The van der Waals surface area contributed by atoms with Gasteiger partial charge in [-0.15, -0.1) is 0 Å². The van der Waals surface area contributed by atoms with Crippen molar-refractivity contribution in [2.24, 2.45) is 0 Å². The molecule has 136 valence electrons. The third-order valence-corrected chi connectivity index (χ3v) is 4.61. The van der Waals surface area contributed by atoms with Gasteiger partial charge in [0.05, 0.1) is 11.0 Å². The van der Waals surface area contributed by atoms with Gasteiger partial charge in [-0.3, -0.25) is 4.79 Å². The fourth-order valence-electron chi connectivity index (χ4n) is 3.03. The van der Waals surface area contributed by atoms with Gasteiger partial charge in [0.15, 0.2) is 0 Å². The molecule has 1 aromatic heterocycles. The van der Waals surface area contributed by atoms with Gasteiger partial charge in [0.25, 0.3) is 0 Å². The number of unbranched alkanes of at least 4 members (excludes halogenated alkanes) is 1. The Morgan fingerprint density at radius 1 is 1.15 bits per heavy atom.